The van der Waals surface area contributed by atoms with Crippen LogP contribution in [-0.2, 0) is 28.6 Å². The van der Waals surface area contributed by atoms with E-state index in [2.05, 4.69) is 107 Å². The lowest BCUT2D eigenvalue weighted by Gasteiger charge is -2.57. The van der Waals surface area contributed by atoms with Crippen LogP contribution >= 0.6 is 47.0 Å². The molecule has 0 N–H and O–H groups in total. The molecule has 0 heterocycles. The van der Waals surface area contributed by atoms with E-state index in [1.54, 1.807) is 0 Å². The van der Waals surface area contributed by atoms with Crippen LogP contribution in [0.4, 0.5) is 0 Å². The van der Waals surface area contributed by atoms with Gasteiger partial charge in [0.2, 0.25) is 0 Å². The van der Waals surface area contributed by atoms with Gasteiger partial charge in [-0.2, -0.15) is 0 Å². The second kappa shape index (κ2) is 43.6. The molecule has 7 nitrogen and oxygen atoms in total. The van der Waals surface area contributed by atoms with Gasteiger partial charge in [0.25, 0.3) is 0 Å². The summed E-state index contributed by atoms with van der Waals surface area (Å²) < 4.78 is 19.7. The van der Waals surface area contributed by atoms with Gasteiger partial charge in [-0.05, 0) is 126 Å². The molecule has 2 bridgehead atoms. The van der Waals surface area contributed by atoms with Gasteiger partial charge in [0, 0.05) is 35.5 Å². The van der Waals surface area contributed by atoms with Crippen molar-refractivity contribution in [2.75, 3.05) is 62.5 Å². The largest absolute Gasteiger partial charge is 0.465 e. The van der Waals surface area contributed by atoms with Crippen LogP contribution in [0.25, 0.3) is 0 Å². The summed E-state index contributed by atoms with van der Waals surface area (Å²) in [5.74, 6) is 4.79. The number of carbonyl (C=O) groups is 3. The molecule has 73 heavy (non-hydrogen) atoms. The molecule has 430 valence electrons. The highest BCUT2D eigenvalue weighted by Gasteiger charge is 2.55. The molecule has 2 rings (SSSR count). The number of thioether (sulfide) groups is 4. The van der Waals surface area contributed by atoms with Gasteiger partial charge in [-0.3, -0.25) is 14.4 Å². The van der Waals surface area contributed by atoms with E-state index in [1.165, 1.54) is 177 Å². The van der Waals surface area contributed by atoms with E-state index in [1.807, 2.05) is 0 Å². The summed E-state index contributed by atoms with van der Waals surface area (Å²) in [5.41, 5.74) is -0.675. The highest BCUT2D eigenvalue weighted by Crippen LogP contribution is 2.61. The first-order chi connectivity index (χ1) is 35.4. The van der Waals surface area contributed by atoms with Gasteiger partial charge in [0.05, 0.1) is 29.0 Å². The van der Waals surface area contributed by atoms with Crippen molar-refractivity contribution in [2.24, 2.45) is 22.2 Å². The molecule has 4 atom stereocenters. The molecule has 2 aliphatic rings. The standard InChI is InChI=1S/C62H117NO6S4/c1-9-15-19-23-27-31-42-70-58(71-43-32-28-24-20-16-10-2)39-37-56(65)68-52-61(8)47-54-46-60(7,51-67-55(64)36-35-41-63(13-5)14-6)49-62(48-54,50-61)53-69-57(66)38-40-59(72-44-33-29-25-21-17-11-3)73-45-34-30-26-22-18-12-4/h54,58-59H,9-53H2,1-8H3. The van der Waals surface area contributed by atoms with Crippen LogP contribution in [0.5, 0.6) is 0 Å². The second-order valence-electron chi connectivity index (χ2n) is 23.6. The van der Waals surface area contributed by atoms with Gasteiger partial charge in [-0.15, -0.1) is 47.0 Å². The number of hydrogen-bond donors (Lipinski definition) is 0. The van der Waals surface area contributed by atoms with E-state index >= 15 is 0 Å². The number of nitrogens with zero attached hydrogens (tertiary/aromatic N) is 1. The summed E-state index contributed by atoms with van der Waals surface area (Å²) in [5, 5.41) is 0. The molecular weight excluding hydrogens is 983 g/mol. The Kier molecular flexibility index (Phi) is 41.2. The van der Waals surface area contributed by atoms with E-state index in [4.69, 9.17) is 14.2 Å². The highest BCUT2D eigenvalue weighted by molar-refractivity contribution is 8.17. The van der Waals surface area contributed by atoms with Gasteiger partial charge >= 0.3 is 17.9 Å². The van der Waals surface area contributed by atoms with E-state index in [-0.39, 0.29) is 34.2 Å². The van der Waals surface area contributed by atoms with Crippen LogP contribution in [-0.4, -0.2) is 94.4 Å². The Morgan fingerprint density at radius 2 is 0.767 bits per heavy atom. The Morgan fingerprint density at radius 1 is 0.438 bits per heavy atom. The molecule has 0 aromatic heterocycles. The van der Waals surface area contributed by atoms with E-state index in [0.717, 1.165) is 71.0 Å². The van der Waals surface area contributed by atoms with Crippen LogP contribution < -0.4 is 0 Å². The minimum absolute atomic E-state index is 0.0706. The fourth-order valence-corrected chi connectivity index (χ4v) is 17.6. The van der Waals surface area contributed by atoms with Crippen LogP contribution in [0.2, 0.25) is 0 Å². The average molecular weight is 1100 g/mol. The van der Waals surface area contributed by atoms with Crippen molar-refractivity contribution in [3.8, 4) is 0 Å². The molecule has 0 aliphatic heterocycles. The zero-order chi connectivity index (χ0) is 53.3. The first kappa shape index (κ1) is 68.9. The maximum atomic E-state index is 13.9. The second-order valence-corrected chi connectivity index (χ2v) is 29.4. The molecule has 0 radical (unpaired) electrons. The molecule has 2 fully saturated rings. The summed E-state index contributed by atoms with van der Waals surface area (Å²) >= 11 is 8.28. The molecule has 0 aromatic carbocycles. The minimum Gasteiger partial charge on any atom is -0.465 e. The monoisotopic (exact) mass is 1100 g/mol. The third-order valence-corrected chi connectivity index (χ3v) is 21.9. The molecule has 4 unspecified atom stereocenters. The topological polar surface area (TPSA) is 82.1 Å². The summed E-state index contributed by atoms with van der Waals surface area (Å²) in [4.78, 5) is 43.0. The highest BCUT2D eigenvalue weighted by atomic mass is 32.2. The first-order valence-corrected chi connectivity index (χ1v) is 35.2. The molecule has 0 spiro atoms. The lowest BCUT2D eigenvalue weighted by atomic mass is 9.49. The van der Waals surface area contributed by atoms with E-state index in [0.29, 0.717) is 54.2 Å². The average Bonchev–Trinajstić information content (AvgIpc) is 3.37. The minimum atomic E-state index is -0.258. The van der Waals surface area contributed by atoms with Crippen LogP contribution in [0, 0.1) is 22.2 Å². The van der Waals surface area contributed by atoms with Crippen molar-refractivity contribution < 1.29 is 28.6 Å². The van der Waals surface area contributed by atoms with Gasteiger partial charge < -0.3 is 19.1 Å². The maximum Gasteiger partial charge on any atom is 0.305 e. The number of carbonyl (C=O) groups excluding carboxylic acids is 3. The molecule has 0 amide bonds. The zero-order valence-electron chi connectivity index (χ0n) is 49.1. The normalized spacial score (nSPS) is 20.8. The molecule has 11 heteroatoms. The third-order valence-electron chi connectivity index (χ3n) is 15.7. The van der Waals surface area contributed by atoms with Crippen molar-refractivity contribution in [2.45, 2.75) is 289 Å². The number of ether oxygens (including phenoxy) is 3. The Labute approximate surface area is 469 Å². The van der Waals surface area contributed by atoms with Crippen LogP contribution in [0.3, 0.4) is 0 Å². The van der Waals surface area contributed by atoms with Crippen molar-refractivity contribution in [1.82, 2.24) is 4.90 Å². The lowest BCUT2D eigenvalue weighted by molar-refractivity contribution is -0.168. The summed E-state index contributed by atoms with van der Waals surface area (Å²) in [6, 6.07) is 0. The quantitative estimate of drug-likeness (QED) is 0.0253. The first-order valence-electron chi connectivity index (χ1n) is 31.0. The lowest BCUT2D eigenvalue weighted by Crippen LogP contribution is -2.52. The van der Waals surface area contributed by atoms with Gasteiger partial charge in [0.15, 0.2) is 0 Å². The molecular formula is C62H117NO6S4. The predicted octanol–water partition coefficient (Wildman–Crippen LogP) is 18.9. The smallest absolute Gasteiger partial charge is 0.305 e. The summed E-state index contributed by atoms with van der Waals surface area (Å²) in [6.45, 7) is 22.1. The number of hydrogen-bond acceptors (Lipinski definition) is 11. The number of rotatable bonds is 50. The Bertz CT molecular complexity index is 1330. The van der Waals surface area contributed by atoms with E-state index in [9.17, 15) is 14.4 Å². The van der Waals surface area contributed by atoms with Crippen molar-refractivity contribution in [3.63, 3.8) is 0 Å². The maximum absolute atomic E-state index is 13.9. The Balaban J connectivity index is 2.12. The van der Waals surface area contributed by atoms with Crippen molar-refractivity contribution in [1.29, 1.82) is 0 Å². The van der Waals surface area contributed by atoms with Gasteiger partial charge in [0.1, 0.15) is 0 Å². The fraction of sp³-hybridized carbons (Fsp3) is 0.952. The summed E-state index contributed by atoms with van der Waals surface area (Å²) in [7, 11) is 0. The fourth-order valence-electron chi connectivity index (χ4n) is 12.0. The Morgan fingerprint density at radius 3 is 1.12 bits per heavy atom. The molecule has 2 aliphatic carbocycles. The third kappa shape index (κ3) is 34.4. The number of unbranched alkanes of at least 4 members (excludes halogenated alkanes) is 20. The number of esters is 3. The molecule has 2 saturated carbocycles. The van der Waals surface area contributed by atoms with E-state index < -0.39 is 0 Å². The number of fused-ring (bicyclic) bond motifs is 2. The summed E-state index contributed by atoms with van der Waals surface area (Å²) in [6.07, 6.45) is 39.9. The molecule has 0 aromatic rings. The van der Waals surface area contributed by atoms with Crippen molar-refractivity contribution >= 4 is 65.0 Å². The van der Waals surface area contributed by atoms with Crippen LogP contribution in [0.1, 0.15) is 280 Å². The predicted molar refractivity (Wildman–Crippen MR) is 325 cm³/mol. The Hall–Kier alpha value is -0.230. The zero-order valence-corrected chi connectivity index (χ0v) is 52.3. The molecule has 0 saturated heterocycles. The van der Waals surface area contributed by atoms with Gasteiger partial charge in [-0.1, -0.05) is 184 Å². The van der Waals surface area contributed by atoms with Gasteiger partial charge in [-0.25, -0.2) is 0 Å². The van der Waals surface area contributed by atoms with Crippen molar-refractivity contribution in [3.05, 3.63) is 0 Å². The SMILES string of the molecule is CCCCCCCCSC(CCC(=O)OCC1(C)CC2CC(C)(COC(=O)CCCN(CC)CC)CC(COC(=O)CCC(SCCCCCCCC)SCCCCCCCC)(C2)C1)SCCCCCCCC. The van der Waals surface area contributed by atoms with Crippen LogP contribution in [0.15, 0.2) is 0 Å².